The smallest absolute Gasteiger partial charge is 0.258 e. The average Bonchev–Trinajstić information content (AvgIpc) is 2.34. The third-order valence-electron chi connectivity index (χ3n) is 2.41. The molecule has 6 heteroatoms. The van der Waals surface area contributed by atoms with Crippen molar-refractivity contribution < 1.29 is 14.3 Å². The van der Waals surface area contributed by atoms with E-state index in [9.17, 15) is 9.59 Å². The molecular formula is C12H15BrN2O3. The van der Waals surface area contributed by atoms with E-state index in [0.29, 0.717) is 17.9 Å². The molecule has 2 N–H and O–H groups in total. The second-order valence-electron chi connectivity index (χ2n) is 3.63. The monoisotopic (exact) mass is 314 g/mol. The number of rotatable bonds is 5. The van der Waals surface area contributed by atoms with Gasteiger partial charge >= 0.3 is 0 Å². The van der Waals surface area contributed by atoms with Crippen LogP contribution in [0.4, 0.5) is 0 Å². The van der Waals surface area contributed by atoms with Crippen LogP contribution in [0.3, 0.4) is 0 Å². The lowest BCUT2D eigenvalue weighted by molar-refractivity contribution is -0.118. The Kier molecular flexibility index (Phi) is 5.15. The largest absolute Gasteiger partial charge is 0.496 e. The van der Waals surface area contributed by atoms with Gasteiger partial charge in [0.05, 0.1) is 19.2 Å². The zero-order valence-corrected chi connectivity index (χ0v) is 11.9. The summed E-state index contributed by atoms with van der Waals surface area (Å²) in [6.45, 7) is 2.09. The van der Waals surface area contributed by atoms with Crippen LogP contribution in [0.25, 0.3) is 0 Å². The van der Waals surface area contributed by atoms with Gasteiger partial charge in [0, 0.05) is 11.0 Å². The van der Waals surface area contributed by atoms with Crippen molar-refractivity contribution >= 4 is 27.7 Å². The van der Waals surface area contributed by atoms with Crippen LogP contribution in [0.5, 0.6) is 5.75 Å². The summed E-state index contributed by atoms with van der Waals surface area (Å²) < 4.78 is 5.97. The lowest BCUT2D eigenvalue weighted by Crippen LogP contribution is -2.38. The summed E-state index contributed by atoms with van der Waals surface area (Å²) in [6.07, 6.45) is 0. The maximum atomic E-state index is 12.2. The van der Waals surface area contributed by atoms with Crippen molar-refractivity contribution in [1.82, 2.24) is 4.90 Å². The van der Waals surface area contributed by atoms with Gasteiger partial charge in [-0.25, -0.2) is 0 Å². The first-order chi connectivity index (χ1) is 8.49. The number of hydrogen-bond donors (Lipinski definition) is 1. The molecule has 0 unspecified atom stereocenters. The van der Waals surface area contributed by atoms with Crippen LogP contribution < -0.4 is 10.5 Å². The van der Waals surface area contributed by atoms with Crippen LogP contribution in [-0.4, -0.2) is 36.9 Å². The molecule has 0 bridgehead atoms. The lowest BCUT2D eigenvalue weighted by atomic mass is 10.1. The summed E-state index contributed by atoms with van der Waals surface area (Å²) >= 11 is 3.30. The first-order valence-electron chi connectivity index (χ1n) is 5.40. The van der Waals surface area contributed by atoms with Gasteiger partial charge in [0.1, 0.15) is 5.75 Å². The Bertz CT molecular complexity index is 463. The normalized spacial score (nSPS) is 9.94. The van der Waals surface area contributed by atoms with E-state index in [1.807, 2.05) is 0 Å². The molecule has 98 valence electrons. The Hall–Kier alpha value is -1.56. The van der Waals surface area contributed by atoms with Crippen LogP contribution >= 0.6 is 15.9 Å². The second kappa shape index (κ2) is 6.39. The van der Waals surface area contributed by atoms with Gasteiger partial charge in [-0.2, -0.15) is 0 Å². The zero-order valence-electron chi connectivity index (χ0n) is 10.3. The Balaban J connectivity index is 3.04. The molecule has 0 aliphatic carbocycles. The van der Waals surface area contributed by atoms with Crippen LogP contribution in [0.1, 0.15) is 17.3 Å². The van der Waals surface area contributed by atoms with Crippen molar-refractivity contribution in [2.45, 2.75) is 6.92 Å². The van der Waals surface area contributed by atoms with Crippen molar-refractivity contribution in [3.8, 4) is 5.75 Å². The van der Waals surface area contributed by atoms with E-state index in [0.717, 1.165) is 4.47 Å². The van der Waals surface area contributed by atoms with Gasteiger partial charge in [-0.3, -0.25) is 9.59 Å². The standard InChI is InChI=1S/C12H15BrN2O3/c1-3-15(7-11(14)16)12(17)9-5-4-8(13)6-10(9)18-2/h4-6H,3,7H2,1-2H3,(H2,14,16). The molecule has 0 saturated carbocycles. The molecule has 0 saturated heterocycles. The van der Waals surface area contributed by atoms with Crippen LogP contribution in [0.15, 0.2) is 22.7 Å². The van der Waals surface area contributed by atoms with E-state index in [2.05, 4.69) is 15.9 Å². The molecular weight excluding hydrogens is 300 g/mol. The zero-order chi connectivity index (χ0) is 13.7. The molecule has 0 heterocycles. The number of benzene rings is 1. The summed E-state index contributed by atoms with van der Waals surface area (Å²) in [5.74, 6) is -0.362. The van der Waals surface area contributed by atoms with Crippen molar-refractivity contribution in [2.75, 3.05) is 20.2 Å². The third kappa shape index (κ3) is 3.46. The third-order valence-corrected chi connectivity index (χ3v) is 2.90. The first kappa shape index (κ1) is 14.5. The van der Waals surface area contributed by atoms with E-state index >= 15 is 0 Å². The molecule has 5 nitrogen and oxygen atoms in total. The highest BCUT2D eigenvalue weighted by atomic mass is 79.9. The molecule has 18 heavy (non-hydrogen) atoms. The number of carbonyl (C=O) groups excluding carboxylic acids is 2. The second-order valence-corrected chi connectivity index (χ2v) is 4.55. The molecule has 0 atom stereocenters. The lowest BCUT2D eigenvalue weighted by Gasteiger charge is -2.20. The average molecular weight is 315 g/mol. The van der Waals surface area contributed by atoms with Gasteiger partial charge in [-0.1, -0.05) is 15.9 Å². The summed E-state index contributed by atoms with van der Waals surface area (Å²) in [7, 11) is 1.49. The number of nitrogens with zero attached hydrogens (tertiary/aromatic N) is 1. The number of methoxy groups -OCH3 is 1. The molecule has 0 aliphatic heterocycles. The molecule has 2 amide bonds. The fourth-order valence-corrected chi connectivity index (χ4v) is 1.87. The summed E-state index contributed by atoms with van der Waals surface area (Å²) in [6, 6.07) is 5.09. The predicted octanol–water partition coefficient (Wildman–Crippen LogP) is 1.41. The van der Waals surface area contributed by atoms with Gasteiger partial charge < -0.3 is 15.4 Å². The number of amides is 2. The number of nitrogens with two attached hydrogens (primary N) is 1. The Labute approximate surface area is 114 Å². The number of hydrogen-bond acceptors (Lipinski definition) is 3. The molecule has 1 aromatic carbocycles. The van der Waals surface area contributed by atoms with Gasteiger partial charge in [-0.05, 0) is 25.1 Å². The Morgan fingerprint density at radius 3 is 2.61 bits per heavy atom. The highest BCUT2D eigenvalue weighted by Crippen LogP contribution is 2.24. The van der Waals surface area contributed by atoms with E-state index < -0.39 is 5.91 Å². The minimum Gasteiger partial charge on any atom is -0.496 e. The van der Waals surface area contributed by atoms with Crippen LogP contribution in [0, 0.1) is 0 Å². The van der Waals surface area contributed by atoms with Gasteiger partial charge in [0.25, 0.3) is 5.91 Å². The van der Waals surface area contributed by atoms with E-state index in [1.165, 1.54) is 12.0 Å². The fourth-order valence-electron chi connectivity index (χ4n) is 1.53. The minimum absolute atomic E-state index is 0.103. The van der Waals surface area contributed by atoms with E-state index in [4.69, 9.17) is 10.5 Å². The Morgan fingerprint density at radius 2 is 2.11 bits per heavy atom. The van der Waals surface area contributed by atoms with Gasteiger partial charge in [0.2, 0.25) is 5.91 Å². The number of halogens is 1. The molecule has 1 aromatic rings. The fraction of sp³-hybridized carbons (Fsp3) is 0.333. The highest BCUT2D eigenvalue weighted by molar-refractivity contribution is 9.10. The number of primary amides is 1. The molecule has 0 aromatic heterocycles. The number of ether oxygens (including phenoxy) is 1. The number of likely N-dealkylation sites (N-methyl/N-ethyl adjacent to an activating group) is 1. The maximum absolute atomic E-state index is 12.2. The van der Waals surface area contributed by atoms with Gasteiger partial charge in [0.15, 0.2) is 0 Å². The predicted molar refractivity (Wildman–Crippen MR) is 71.5 cm³/mol. The quantitative estimate of drug-likeness (QED) is 0.893. The summed E-state index contributed by atoms with van der Waals surface area (Å²) in [5.41, 5.74) is 5.51. The first-order valence-corrected chi connectivity index (χ1v) is 6.20. The van der Waals surface area contributed by atoms with Crippen molar-refractivity contribution in [1.29, 1.82) is 0 Å². The van der Waals surface area contributed by atoms with Crippen molar-refractivity contribution in [2.24, 2.45) is 5.73 Å². The van der Waals surface area contributed by atoms with Crippen molar-refractivity contribution in [3.63, 3.8) is 0 Å². The highest BCUT2D eigenvalue weighted by Gasteiger charge is 2.19. The molecule has 1 rings (SSSR count). The Morgan fingerprint density at radius 1 is 1.44 bits per heavy atom. The molecule has 0 spiro atoms. The summed E-state index contributed by atoms with van der Waals surface area (Å²) in [4.78, 5) is 24.5. The van der Waals surface area contributed by atoms with Gasteiger partial charge in [-0.15, -0.1) is 0 Å². The van der Waals surface area contributed by atoms with Crippen LogP contribution in [-0.2, 0) is 4.79 Å². The number of carbonyl (C=O) groups is 2. The van der Waals surface area contributed by atoms with E-state index in [-0.39, 0.29) is 12.5 Å². The summed E-state index contributed by atoms with van der Waals surface area (Å²) in [5, 5.41) is 0. The maximum Gasteiger partial charge on any atom is 0.258 e. The SMILES string of the molecule is CCN(CC(N)=O)C(=O)c1ccc(Br)cc1OC. The minimum atomic E-state index is -0.540. The van der Waals surface area contributed by atoms with Crippen molar-refractivity contribution in [3.05, 3.63) is 28.2 Å². The van der Waals surface area contributed by atoms with E-state index in [1.54, 1.807) is 25.1 Å². The topological polar surface area (TPSA) is 72.6 Å². The van der Waals surface area contributed by atoms with Crippen LogP contribution in [0.2, 0.25) is 0 Å². The molecule has 0 fully saturated rings. The molecule has 0 aliphatic rings. The molecule has 0 radical (unpaired) electrons.